The van der Waals surface area contributed by atoms with Gasteiger partial charge in [-0.1, -0.05) is 37.6 Å². The first-order valence-electron chi connectivity index (χ1n) is 9.08. The normalized spacial score (nSPS) is 18.4. The summed E-state index contributed by atoms with van der Waals surface area (Å²) in [5, 5.41) is 3.18. The number of anilines is 1. The molecular formula is C21H21N3O3. The van der Waals surface area contributed by atoms with Crippen molar-refractivity contribution in [3.8, 4) is 11.5 Å². The highest BCUT2D eigenvalue weighted by atomic mass is 16.7. The third kappa shape index (κ3) is 3.51. The summed E-state index contributed by atoms with van der Waals surface area (Å²) < 4.78 is 10.8. The van der Waals surface area contributed by atoms with E-state index in [1.807, 2.05) is 54.6 Å². The van der Waals surface area contributed by atoms with Crippen LogP contribution in [-0.2, 0) is 4.79 Å². The Hall–Kier alpha value is -3.28. The summed E-state index contributed by atoms with van der Waals surface area (Å²) >= 11 is 0. The molecule has 0 atom stereocenters. The third-order valence-corrected chi connectivity index (χ3v) is 4.39. The van der Waals surface area contributed by atoms with Crippen molar-refractivity contribution in [2.24, 2.45) is 4.99 Å². The number of ether oxygens (including phenoxy) is 2. The molecule has 2 aliphatic rings. The monoisotopic (exact) mass is 363 g/mol. The van der Waals surface area contributed by atoms with Crippen LogP contribution in [0.1, 0.15) is 25.3 Å². The zero-order valence-electron chi connectivity index (χ0n) is 15.1. The van der Waals surface area contributed by atoms with Crippen molar-refractivity contribution in [1.29, 1.82) is 0 Å². The molecule has 0 radical (unpaired) electrons. The average Bonchev–Trinajstić information content (AvgIpc) is 3.27. The van der Waals surface area contributed by atoms with E-state index in [-0.39, 0.29) is 12.7 Å². The van der Waals surface area contributed by atoms with Crippen LogP contribution in [0.15, 0.2) is 59.2 Å². The van der Waals surface area contributed by atoms with Crippen LogP contribution in [0.2, 0.25) is 0 Å². The fourth-order valence-corrected chi connectivity index (χ4v) is 2.98. The van der Waals surface area contributed by atoms with E-state index in [1.54, 1.807) is 4.90 Å². The zero-order chi connectivity index (χ0) is 18.6. The number of fused-ring (bicyclic) bond motifs is 1. The summed E-state index contributed by atoms with van der Waals surface area (Å²) in [5.41, 5.74) is 2.13. The van der Waals surface area contributed by atoms with Crippen LogP contribution in [0.3, 0.4) is 0 Å². The first-order chi connectivity index (χ1) is 13.3. The highest BCUT2D eigenvalue weighted by Gasteiger charge is 2.33. The number of carbonyl (C=O) groups is 1. The number of hydrogen-bond acceptors (Lipinski definition) is 4. The number of rotatable bonds is 5. The number of guanidine groups is 1. The molecule has 1 saturated heterocycles. The van der Waals surface area contributed by atoms with Crippen molar-refractivity contribution in [3.05, 3.63) is 59.8 Å². The molecule has 0 saturated carbocycles. The molecule has 1 N–H and O–H groups in total. The summed E-state index contributed by atoms with van der Waals surface area (Å²) in [5.74, 6) is 1.84. The average molecular weight is 363 g/mol. The van der Waals surface area contributed by atoms with Crippen LogP contribution in [0.4, 0.5) is 5.69 Å². The van der Waals surface area contributed by atoms with E-state index in [2.05, 4.69) is 17.2 Å². The summed E-state index contributed by atoms with van der Waals surface area (Å²) in [6.07, 6.45) is 3.84. The van der Waals surface area contributed by atoms with Gasteiger partial charge in [0.15, 0.2) is 11.5 Å². The molecule has 27 heavy (non-hydrogen) atoms. The van der Waals surface area contributed by atoms with Crippen LogP contribution in [0.25, 0.3) is 6.08 Å². The fourth-order valence-electron chi connectivity index (χ4n) is 2.98. The van der Waals surface area contributed by atoms with Gasteiger partial charge in [-0.2, -0.15) is 0 Å². The van der Waals surface area contributed by atoms with Crippen LogP contribution < -0.4 is 19.7 Å². The van der Waals surface area contributed by atoms with Gasteiger partial charge in [0, 0.05) is 6.54 Å². The van der Waals surface area contributed by atoms with Crippen molar-refractivity contribution in [2.75, 3.05) is 18.2 Å². The smallest absolute Gasteiger partial charge is 0.281 e. The van der Waals surface area contributed by atoms with Crippen LogP contribution in [0, 0.1) is 0 Å². The molecule has 2 aliphatic heterocycles. The predicted octanol–water partition coefficient (Wildman–Crippen LogP) is 3.55. The topological polar surface area (TPSA) is 63.2 Å². The Balaban J connectivity index is 1.66. The second-order valence-electron chi connectivity index (χ2n) is 6.33. The fraction of sp³-hybridized carbons (Fsp3) is 0.238. The largest absolute Gasteiger partial charge is 0.454 e. The molecule has 138 valence electrons. The Kier molecular flexibility index (Phi) is 4.78. The van der Waals surface area contributed by atoms with Gasteiger partial charge in [0.25, 0.3) is 5.91 Å². The minimum absolute atomic E-state index is 0.130. The molecule has 2 heterocycles. The quantitative estimate of drug-likeness (QED) is 0.652. The number of unbranched alkanes of at least 4 members (excludes halogenated alkanes) is 1. The van der Waals surface area contributed by atoms with Gasteiger partial charge in [-0.3, -0.25) is 9.79 Å². The maximum atomic E-state index is 13.0. The van der Waals surface area contributed by atoms with Crippen LogP contribution >= 0.6 is 0 Å². The molecule has 6 nitrogen and oxygen atoms in total. The number of amides is 1. The molecule has 0 bridgehead atoms. The standard InChI is InChI=1S/C21H21N3O3/c1-2-3-11-22-21-23-17(20(25)24(21)16-7-5-4-6-8-16)12-15-9-10-18-19(13-15)27-14-26-18/h4-10,12-13H,2-3,11,14H2,1H3,(H,22,23)/b17-12-. The van der Waals surface area contributed by atoms with Gasteiger partial charge >= 0.3 is 0 Å². The SMILES string of the molecule is CCCCN=C1N/C(=C\c2ccc3c(c2)OCO3)C(=O)N1c1ccccc1. The summed E-state index contributed by atoms with van der Waals surface area (Å²) in [4.78, 5) is 19.3. The van der Waals surface area contributed by atoms with Gasteiger partial charge in [-0.15, -0.1) is 0 Å². The molecule has 6 heteroatoms. The maximum Gasteiger partial charge on any atom is 0.281 e. The maximum absolute atomic E-state index is 13.0. The lowest BCUT2D eigenvalue weighted by atomic mass is 10.1. The molecule has 0 spiro atoms. The Labute approximate surface area is 158 Å². The van der Waals surface area contributed by atoms with Crippen molar-refractivity contribution < 1.29 is 14.3 Å². The van der Waals surface area contributed by atoms with Gasteiger partial charge in [0.05, 0.1) is 5.69 Å². The Morgan fingerprint density at radius 2 is 1.96 bits per heavy atom. The number of aliphatic imine (C=N–C) groups is 1. The van der Waals surface area contributed by atoms with E-state index in [0.717, 1.165) is 29.8 Å². The highest BCUT2D eigenvalue weighted by Crippen LogP contribution is 2.33. The lowest BCUT2D eigenvalue weighted by Crippen LogP contribution is -2.32. The Bertz CT molecular complexity index is 906. The van der Waals surface area contributed by atoms with E-state index in [0.29, 0.717) is 24.0 Å². The minimum atomic E-state index is -0.130. The molecule has 4 rings (SSSR count). The molecular weight excluding hydrogens is 342 g/mol. The highest BCUT2D eigenvalue weighted by molar-refractivity contribution is 6.29. The number of hydrogen-bond donors (Lipinski definition) is 1. The van der Waals surface area contributed by atoms with E-state index < -0.39 is 0 Å². The second-order valence-corrected chi connectivity index (χ2v) is 6.33. The summed E-state index contributed by atoms with van der Waals surface area (Å²) in [7, 11) is 0. The van der Waals surface area contributed by atoms with Gasteiger partial charge in [0.2, 0.25) is 12.8 Å². The number of nitrogens with zero attached hydrogens (tertiary/aromatic N) is 2. The van der Waals surface area contributed by atoms with Crippen molar-refractivity contribution in [3.63, 3.8) is 0 Å². The van der Waals surface area contributed by atoms with Crippen molar-refractivity contribution in [1.82, 2.24) is 5.32 Å². The van der Waals surface area contributed by atoms with Crippen molar-refractivity contribution in [2.45, 2.75) is 19.8 Å². The Morgan fingerprint density at radius 1 is 1.15 bits per heavy atom. The molecule has 0 aliphatic carbocycles. The molecule has 1 amide bonds. The third-order valence-electron chi connectivity index (χ3n) is 4.39. The zero-order valence-corrected chi connectivity index (χ0v) is 15.1. The molecule has 2 aromatic rings. The van der Waals surface area contributed by atoms with Gasteiger partial charge in [0.1, 0.15) is 5.70 Å². The number of para-hydroxylation sites is 1. The number of nitrogens with one attached hydrogen (secondary N) is 1. The van der Waals surface area contributed by atoms with Crippen molar-refractivity contribution >= 4 is 23.6 Å². The van der Waals surface area contributed by atoms with E-state index >= 15 is 0 Å². The van der Waals surface area contributed by atoms with E-state index in [4.69, 9.17) is 9.47 Å². The minimum Gasteiger partial charge on any atom is -0.454 e. The van der Waals surface area contributed by atoms with Crippen LogP contribution in [-0.4, -0.2) is 25.2 Å². The molecule has 2 aromatic carbocycles. The summed E-state index contributed by atoms with van der Waals surface area (Å²) in [6.45, 7) is 3.02. The Morgan fingerprint density at radius 3 is 2.78 bits per heavy atom. The lowest BCUT2D eigenvalue weighted by molar-refractivity contribution is -0.113. The van der Waals surface area contributed by atoms with Gasteiger partial charge in [-0.05, 0) is 42.3 Å². The van der Waals surface area contributed by atoms with Gasteiger partial charge in [-0.25, -0.2) is 4.90 Å². The molecule has 0 unspecified atom stereocenters. The van der Waals surface area contributed by atoms with E-state index in [1.165, 1.54) is 0 Å². The predicted molar refractivity (Wildman–Crippen MR) is 105 cm³/mol. The first-order valence-corrected chi connectivity index (χ1v) is 9.08. The molecule has 1 fully saturated rings. The second kappa shape index (κ2) is 7.53. The number of carbonyl (C=O) groups excluding carboxylic acids is 1. The van der Waals surface area contributed by atoms with Crippen LogP contribution in [0.5, 0.6) is 11.5 Å². The lowest BCUT2D eigenvalue weighted by Gasteiger charge is -2.15. The number of benzene rings is 2. The summed E-state index contributed by atoms with van der Waals surface area (Å²) in [6, 6.07) is 15.2. The van der Waals surface area contributed by atoms with E-state index in [9.17, 15) is 4.79 Å². The van der Waals surface area contributed by atoms with Gasteiger partial charge < -0.3 is 14.8 Å². The first kappa shape index (κ1) is 17.1. The molecule has 0 aromatic heterocycles.